The first-order valence-corrected chi connectivity index (χ1v) is 8.86. The SMILES string of the molecule is O=C(c1cc(-c2c(F)cccc2F)nc2ccccc12)N1CCC[C@H]1CO. The third-order valence-electron chi connectivity index (χ3n) is 5.01. The van der Waals surface area contributed by atoms with E-state index in [1.54, 1.807) is 29.2 Å². The predicted molar refractivity (Wildman–Crippen MR) is 98.2 cm³/mol. The summed E-state index contributed by atoms with van der Waals surface area (Å²) in [4.78, 5) is 19.2. The molecular weight excluding hydrogens is 350 g/mol. The molecule has 1 aromatic heterocycles. The zero-order chi connectivity index (χ0) is 19.0. The second kappa shape index (κ2) is 7.04. The fourth-order valence-electron chi connectivity index (χ4n) is 3.67. The van der Waals surface area contributed by atoms with E-state index in [0.717, 1.165) is 12.8 Å². The van der Waals surface area contributed by atoms with Gasteiger partial charge in [-0.1, -0.05) is 24.3 Å². The number of halogens is 2. The van der Waals surface area contributed by atoms with Crippen LogP contribution in [0.4, 0.5) is 8.78 Å². The maximum atomic E-state index is 14.3. The molecule has 27 heavy (non-hydrogen) atoms. The number of fused-ring (bicyclic) bond motifs is 1. The Morgan fingerprint density at radius 1 is 1.15 bits per heavy atom. The summed E-state index contributed by atoms with van der Waals surface area (Å²) in [5.74, 6) is -1.72. The summed E-state index contributed by atoms with van der Waals surface area (Å²) in [7, 11) is 0. The van der Waals surface area contributed by atoms with Gasteiger partial charge in [-0.3, -0.25) is 4.79 Å². The van der Waals surface area contributed by atoms with Crippen LogP contribution >= 0.6 is 0 Å². The van der Waals surface area contributed by atoms with Crippen molar-refractivity contribution in [3.05, 3.63) is 65.7 Å². The molecule has 1 aliphatic heterocycles. The molecule has 0 radical (unpaired) electrons. The predicted octanol–water partition coefficient (Wildman–Crippen LogP) is 3.78. The van der Waals surface area contributed by atoms with E-state index in [4.69, 9.17) is 0 Å². The van der Waals surface area contributed by atoms with Gasteiger partial charge < -0.3 is 10.0 Å². The number of benzene rings is 2. The largest absolute Gasteiger partial charge is 0.394 e. The van der Waals surface area contributed by atoms with E-state index in [2.05, 4.69) is 4.98 Å². The van der Waals surface area contributed by atoms with Gasteiger partial charge in [-0.2, -0.15) is 0 Å². The minimum absolute atomic E-state index is 0.0763. The molecule has 0 unspecified atom stereocenters. The maximum Gasteiger partial charge on any atom is 0.254 e. The average Bonchev–Trinajstić information content (AvgIpc) is 3.15. The Morgan fingerprint density at radius 3 is 2.63 bits per heavy atom. The molecule has 2 aromatic carbocycles. The summed E-state index contributed by atoms with van der Waals surface area (Å²) in [6.07, 6.45) is 1.55. The molecule has 0 spiro atoms. The lowest BCUT2D eigenvalue weighted by Gasteiger charge is -2.24. The van der Waals surface area contributed by atoms with Gasteiger partial charge in [0.05, 0.1) is 35.0 Å². The molecule has 1 atom stereocenters. The smallest absolute Gasteiger partial charge is 0.254 e. The second-order valence-electron chi connectivity index (χ2n) is 6.65. The molecule has 2 heterocycles. The monoisotopic (exact) mass is 368 g/mol. The van der Waals surface area contributed by atoms with E-state index in [0.29, 0.717) is 23.0 Å². The van der Waals surface area contributed by atoms with Gasteiger partial charge in [-0.25, -0.2) is 13.8 Å². The number of nitrogens with zero attached hydrogens (tertiary/aromatic N) is 2. The number of hydrogen-bond donors (Lipinski definition) is 1. The Labute approximate surface area is 155 Å². The van der Waals surface area contributed by atoms with Crippen molar-refractivity contribution in [1.29, 1.82) is 0 Å². The van der Waals surface area contributed by atoms with Crippen molar-refractivity contribution in [2.75, 3.05) is 13.2 Å². The van der Waals surface area contributed by atoms with Crippen molar-refractivity contribution in [2.45, 2.75) is 18.9 Å². The van der Waals surface area contributed by atoms with Gasteiger partial charge in [0.15, 0.2) is 0 Å². The lowest BCUT2D eigenvalue weighted by Crippen LogP contribution is -2.37. The Hall–Kier alpha value is -2.86. The number of amides is 1. The molecule has 6 heteroatoms. The first-order valence-electron chi connectivity index (χ1n) is 8.86. The number of carbonyl (C=O) groups is 1. The third kappa shape index (κ3) is 3.06. The lowest BCUT2D eigenvalue weighted by atomic mass is 10.0. The number of aliphatic hydroxyl groups excluding tert-OH is 1. The maximum absolute atomic E-state index is 14.3. The topological polar surface area (TPSA) is 53.4 Å². The Balaban J connectivity index is 1.91. The van der Waals surface area contributed by atoms with E-state index in [1.807, 2.05) is 0 Å². The minimum atomic E-state index is -0.731. The quantitative estimate of drug-likeness (QED) is 0.766. The molecule has 3 aromatic rings. The molecule has 1 saturated heterocycles. The van der Waals surface area contributed by atoms with Crippen molar-refractivity contribution in [3.8, 4) is 11.3 Å². The molecule has 0 aliphatic carbocycles. The summed E-state index contributed by atoms with van der Waals surface area (Å²) in [6.45, 7) is 0.438. The van der Waals surface area contributed by atoms with Crippen molar-refractivity contribution in [1.82, 2.24) is 9.88 Å². The number of hydrogen-bond acceptors (Lipinski definition) is 3. The average molecular weight is 368 g/mol. The van der Waals surface area contributed by atoms with Gasteiger partial charge >= 0.3 is 0 Å². The van der Waals surface area contributed by atoms with Crippen LogP contribution in [0.25, 0.3) is 22.2 Å². The number of para-hydroxylation sites is 1. The van der Waals surface area contributed by atoms with Crippen LogP contribution in [-0.4, -0.2) is 40.1 Å². The van der Waals surface area contributed by atoms with E-state index in [-0.39, 0.29) is 29.8 Å². The highest BCUT2D eigenvalue weighted by Gasteiger charge is 2.30. The van der Waals surface area contributed by atoms with Crippen molar-refractivity contribution in [3.63, 3.8) is 0 Å². The summed E-state index contributed by atoms with van der Waals surface area (Å²) >= 11 is 0. The molecular formula is C21H18F2N2O2. The molecule has 1 fully saturated rings. The fraction of sp³-hybridized carbons (Fsp3) is 0.238. The lowest BCUT2D eigenvalue weighted by molar-refractivity contribution is 0.0679. The van der Waals surface area contributed by atoms with Crippen LogP contribution in [0.3, 0.4) is 0 Å². The number of rotatable bonds is 3. The molecule has 1 aliphatic rings. The number of aromatic nitrogens is 1. The summed E-state index contributed by atoms with van der Waals surface area (Å²) < 4.78 is 28.6. The van der Waals surface area contributed by atoms with Crippen LogP contribution in [0, 0.1) is 11.6 Å². The van der Waals surface area contributed by atoms with Crippen LogP contribution < -0.4 is 0 Å². The molecule has 0 bridgehead atoms. The zero-order valence-electron chi connectivity index (χ0n) is 14.5. The summed E-state index contributed by atoms with van der Waals surface area (Å²) in [5.41, 5.74) is 0.643. The number of carbonyl (C=O) groups excluding carboxylic acids is 1. The van der Waals surface area contributed by atoms with Crippen LogP contribution in [0.2, 0.25) is 0 Å². The zero-order valence-corrected chi connectivity index (χ0v) is 14.5. The Kier molecular flexibility index (Phi) is 4.58. The molecule has 4 nitrogen and oxygen atoms in total. The van der Waals surface area contributed by atoms with Crippen LogP contribution in [0.1, 0.15) is 23.2 Å². The van der Waals surface area contributed by atoms with E-state index in [9.17, 15) is 18.7 Å². The molecule has 1 amide bonds. The van der Waals surface area contributed by atoms with Crippen molar-refractivity contribution in [2.24, 2.45) is 0 Å². The van der Waals surface area contributed by atoms with Gasteiger partial charge in [-0.05, 0) is 37.1 Å². The summed E-state index contributed by atoms with van der Waals surface area (Å²) in [6, 6.07) is 11.9. The van der Waals surface area contributed by atoms with Crippen LogP contribution in [0.15, 0.2) is 48.5 Å². The van der Waals surface area contributed by atoms with Gasteiger partial charge in [-0.15, -0.1) is 0 Å². The molecule has 1 N–H and O–H groups in total. The highest BCUT2D eigenvalue weighted by atomic mass is 19.1. The minimum Gasteiger partial charge on any atom is -0.394 e. The van der Waals surface area contributed by atoms with E-state index >= 15 is 0 Å². The first-order chi connectivity index (χ1) is 13.1. The third-order valence-corrected chi connectivity index (χ3v) is 5.01. The normalized spacial score (nSPS) is 16.9. The Bertz CT molecular complexity index is 1000. The highest BCUT2D eigenvalue weighted by molar-refractivity contribution is 6.07. The second-order valence-corrected chi connectivity index (χ2v) is 6.65. The molecule has 138 valence electrons. The molecule has 4 rings (SSSR count). The highest BCUT2D eigenvalue weighted by Crippen LogP contribution is 2.30. The van der Waals surface area contributed by atoms with E-state index < -0.39 is 11.6 Å². The Morgan fingerprint density at radius 2 is 1.89 bits per heavy atom. The number of pyridine rings is 1. The van der Waals surface area contributed by atoms with Gasteiger partial charge in [0, 0.05) is 11.9 Å². The van der Waals surface area contributed by atoms with Gasteiger partial charge in [0.1, 0.15) is 11.6 Å². The van der Waals surface area contributed by atoms with E-state index in [1.165, 1.54) is 24.3 Å². The standard InChI is InChI=1S/C21H18F2N2O2/c22-16-7-3-8-17(23)20(16)19-11-15(14-6-1-2-9-18(14)24-19)21(27)25-10-4-5-13(25)12-26/h1-3,6-9,11,13,26H,4-5,10,12H2/t13-/m0/s1. The van der Waals surface area contributed by atoms with Crippen LogP contribution in [-0.2, 0) is 0 Å². The van der Waals surface area contributed by atoms with Crippen LogP contribution in [0.5, 0.6) is 0 Å². The summed E-state index contributed by atoms with van der Waals surface area (Å²) in [5, 5.41) is 10.2. The van der Waals surface area contributed by atoms with Crippen molar-refractivity contribution < 1.29 is 18.7 Å². The fourth-order valence-corrected chi connectivity index (χ4v) is 3.67. The number of likely N-dealkylation sites (tertiary alicyclic amines) is 1. The molecule has 0 saturated carbocycles. The van der Waals surface area contributed by atoms with Gasteiger partial charge in [0.2, 0.25) is 0 Å². The number of aliphatic hydroxyl groups is 1. The van der Waals surface area contributed by atoms with Crippen molar-refractivity contribution >= 4 is 16.8 Å². The first kappa shape index (κ1) is 17.5. The van der Waals surface area contributed by atoms with Gasteiger partial charge in [0.25, 0.3) is 5.91 Å².